The second kappa shape index (κ2) is 6.66. The summed E-state index contributed by atoms with van der Waals surface area (Å²) in [7, 11) is 1.62. The number of nitrogens with zero attached hydrogens (tertiary/aromatic N) is 5. The first-order valence-corrected chi connectivity index (χ1v) is 8.71. The van der Waals surface area contributed by atoms with Gasteiger partial charge in [0, 0.05) is 43.8 Å². The highest BCUT2D eigenvalue weighted by molar-refractivity contribution is 7.09. The quantitative estimate of drug-likeness (QED) is 0.926. The van der Waals surface area contributed by atoms with Crippen LogP contribution in [0.4, 0.5) is 5.13 Å². The molecule has 0 spiro atoms. The lowest BCUT2D eigenvalue weighted by molar-refractivity contribution is 0.0957. The van der Waals surface area contributed by atoms with Crippen LogP contribution in [0.3, 0.4) is 0 Å². The molecule has 1 aliphatic rings. The van der Waals surface area contributed by atoms with Gasteiger partial charge in [0.15, 0.2) is 0 Å². The number of amides is 1. The Morgan fingerprint density at radius 3 is 3.00 bits per heavy atom. The van der Waals surface area contributed by atoms with Crippen LogP contribution in [-0.4, -0.2) is 45.2 Å². The van der Waals surface area contributed by atoms with Gasteiger partial charge in [0.1, 0.15) is 11.5 Å². The normalized spacial score (nSPS) is 18.4. The monoisotopic (exact) mass is 334 g/mol. The Morgan fingerprint density at radius 2 is 2.30 bits per heavy atom. The lowest BCUT2D eigenvalue weighted by atomic mass is 10.1. The van der Waals surface area contributed by atoms with Gasteiger partial charge in [-0.15, -0.1) is 0 Å². The number of carbonyl (C=O) groups is 1. The van der Waals surface area contributed by atoms with E-state index in [1.54, 1.807) is 13.1 Å². The van der Waals surface area contributed by atoms with E-state index < -0.39 is 0 Å². The fourth-order valence-corrected chi connectivity index (χ4v) is 3.57. The van der Waals surface area contributed by atoms with Crippen LogP contribution in [0, 0.1) is 0 Å². The molecule has 3 heterocycles. The van der Waals surface area contributed by atoms with Gasteiger partial charge in [-0.1, -0.05) is 13.8 Å². The summed E-state index contributed by atoms with van der Waals surface area (Å²) in [6.45, 7) is 6.05. The van der Waals surface area contributed by atoms with E-state index in [1.165, 1.54) is 11.5 Å². The van der Waals surface area contributed by atoms with Crippen molar-refractivity contribution in [1.82, 2.24) is 24.5 Å². The SMILES string of the molecule is CNC(=O)c1ccn(C2CCCN(c3nc(C(C)C)ns3)C2)n1. The first-order chi connectivity index (χ1) is 11.1. The average molecular weight is 334 g/mol. The van der Waals surface area contributed by atoms with Crippen LogP contribution >= 0.6 is 11.5 Å². The molecule has 124 valence electrons. The molecular weight excluding hydrogens is 312 g/mol. The number of hydrogen-bond acceptors (Lipinski definition) is 6. The summed E-state index contributed by atoms with van der Waals surface area (Å²) in [6, 6.07) is 2.02. The molecule has 3 rings (SSSR count). The molecule has 1 aliphatic heterocycles. The standard InChI is InChI=1S/C15H22N6OS/c1-10(2)13-17-15(23-19-13)20-7-4-5-11(9-20)21-8-6-12(18-21)14(22)16-3/h6,8,10-11H,4-5,7,9H2,1-3H3,(H,16,22). The minimum Gasteiger partial charge on any atom is -0.354 e. The topological polar surface area (TPSA) is 75.9 Å². The summed E-state index contributed by atoms with van der Waals surface area (Å²) in [5.41, 5.74) is 0.461. The van der Waals surface area contributed by atoms with E-state index in [0.29, 0.717) is 11.6 Å². The van der Waals surface area contributed by atoms with Crippen LogP contribution in [-0.2, 0) is 0 Å². The number of piperidine rings is 1. The Bertz CT molecular complexity index is 679. The second-order valence-corrected chi connectivity index (χ2v) is 6.82. The van der Waals surface area contributed by atoms with Gasteiger partial charge >= 0.3 is 0 Å². The Kier molecular flexibility index (Phi) is 4.61. The third-order valence-electron chi connectivity index (χ3n) is 4.06. The molecule has 1 N–H and O–H groups in total. The summed E-state index contributed by atoms with van der Waals surface area (Å²) in [6.07, 6.45) is 4.02. The zero-order valence-corrected chi connectivity index (χ0v) is 14.5. The molecule has 0 saturated carbocycles. The van der Waals surface area contributed by atoms with Crippen molar-refractivity contribution in [1.29, 1.82) is 0 Å². The lowest BCUT2D eigenvalue weighted by Gasteiger charge is -2.32. The first-order valence-electron chi connectivity index (χ1n) is 7.94. The van der Waals surface area contributed by atoms with Crippen LogP contribution in [0.5, 0.6) is 0 Å². The summed E-state index contributed by atoms with van der Waals surface area (Å²) >= 11 is 1.47. The van der Waals surface area contributed by atoms with Crippen LogP contribution < -0.4 is 10.2 Å². The highest BCUT2D eigenvalue weighted by Gasteiger charge is 2.25. The van der Waals surface area contributed by atoms with E-state index in [1.807, 2.05) is 10.9 Å². The average Bonchev–Trinajstić information content (AvgIpc) is 3.23. The molecule has 0 aromatic carbocycles. The fraction of sp³-hybridized carbons (Fsp3) is 0.600. The number of rotatable bonds is 4. The maximum atomic E-state index is 11.6. The number of hydrogen-bond donors (Lipinski definition) is 1. The molecule has 0 radical (unpaired) electrons. The first kappa shape index (κ1) is 15.9. The van der Waals surface area contributed by atoms with Gasteiger partial charge in [-0.25, -0.2) is 4.98 Å². The van der Waals surface area contributed by atoms with E-state index in [2.05, 4.69) is 38.5 Å². The van der Waals surface area contributed by atoms with Crippen molar-refractivity contribution in [2.75, 3.05) is 25.0 Å². The number of nitrogens with one attached hydrogen (secondary N) is 1. The Hall–Kier alpha value is -1.96. The Morgan fingerprint density at radius 1 is 1.48 bits per heavy atom. The van der Waals surface area contributed by atoms with E-state index in [-0.39, 0.29) is 11.9 Å². The Labute approximate surface area is 139 Å². The fourth-order valence-electron chi connectivity index (χ4n) is 2.72. The molecule has 1 saturated heterocycles. The number of anilines is 1. The second-order valence-electron chi connectivity index (χ2n) is 6.09. The third kappa shape index (κ3) is 3.36. The summed E-state index contributed by atoms with van der Waals surface area (Å²) in [4.78, 5) is 18.6. The third-order valence-corrected chi connectivity index (χ3v) is 4.85. The predicted molar refractivity (Wildman–Crippen MR) is 90.1 cm³/mol. The minimum absolute atomic E-state index is 0.151. The van der Waals surface area contributed by atoms with Crippen LogP contribution in [0.15, 0.2) is 12.3 Å². The van der Waals surface area contributed by atoms with Gasteiger partial charge in [0.05, 0.1) is 6.04 Å². The van der Waals surface area contributed by atoms with Crippen molar-refractivity contribution in [2.45, 2.75) is 38.6 Å². The summed E-state index contributed by atoms with van der Waals surface area (Å²) < 4.78 is 6.34. The van der Waals surface area contributed by atoms with E-state index in [0.717, 1.165) is 36.9 Å². The number of carbonyl (C=O) groups excluding carboxylic acids is 1. The molecule has 7 nitrogen and oxygen atoms in total. The molecule has 2 aromatic heterocycles. The molecular formula is C15H22N6OS. The maximum absolute atomic E-state index is 11.6. The minimum atomic E-state index is -0.151. The lowest BCUT2D eigenvalue weighted by Crippen LogP contribution is -2.37. The van der Waals surface area contributed by atoms with Crippen LogP contribution in [0.2, 0.25) is 0 Å². The van der Waals surface area contributed by atoms with Crippen molar-refractivity contribution < 1.29 is 4.79 Å². The highest BCUT2D eigenvalue weighted by atomic mass is 32.1. The van der Waals surface area contributed by atoms with Gasteiger partial charge in [-0.05, 0) is 18.9 Å². The molecule has 2 aromatic rings. The van der Waals surface area contributed by atoms with Gasteiger partial charge in [0.2, 0.25) is 5.13 Å². The summed E-state index contributed by atoms with van der Waals surface area (Å²) in [5.74, 6) is 1.11. The zero-order valence-electron chi connectivity index (χ0n) is 13.7. The van der Waals surface area contributed by atoms with Gasteiger partial charge in [-0.2, -0.15) is 9.47 Å². The molecule has 1 amide bonds. The maximum Gasteiger partial charge on any atom is 0.271 e. The van der Waals surface area contributed by atoms with Gasteiger partial charge < -0.3 is 10.2 Å². The predicted octanol–water partition coefficient (Wildman–Crippen LogP) is 2.06. The molecule has 1 atom stereocenters. The number of aromatic nitrogens is 4. The van der Waals surface area contributed by atoms with E-state index >= 15 is 0 Å². The summed E-state index contributed by atoms with van der Waals surface area (Å²) in [5, 5.41) is 8.00. The zero-order chi connectivity index (χ0) is 16.4. The molecule has 1 fully saturated rings. The van der Waals surface area contributed by atoms with Crippen molar-refractivity contribution in [3.63, 3.8) is 0 Å². The van der Waals surface area contributed by atoms with Gasteiger partial charge in [0.25, 0.3) is 5.91 Å². The largest absolute Gasteiger partial charge is 0.354 e. The van der Waals surface area contributed by atoms with Crippen molar-refractivity contribution in [2.24, 2.45) is 0 Å². The molecule has 23 heavy (non-hydrogen) atoms. The molecule has 0 aliphatic carbocycles. The van der Waals surface area contributed by atoms with Crippen LogP contribution in [0.25, 0.3) is 0 Å². The van der Waals surface area contributed by atoms with Crippen molar-refractivity contribution >= 4 is 22.6 Å². The Balaban J connectivity index is 1.72. The molecule has 8 heteroatoms. The van der Waals surface area contributed by atoms with Crippen molar-refractivity contribution in [3.8, 4) is 0 Å². The van der Waals surface area contributed by atoms with E-state index in [4.69, 9.17) is 0 Å². The van der Waals surface area contributed by atoms with Crippen LogP contribution in [0.1, 0.15) is 55.0 Å². The van der Waals surface area contributed by atoms with E-state index in [9.17, 15) is 4.79 Å². The van der Waals surface area contributed by atoms with Crippen molar-refractivity contribution in [3.05, 3.63) is 23.8 Å². The van der Waals surface area contributed by atoms with Gasteiger partial charge in [-0.3, -0.25) is 9.48 Å². The highest BCUT2D eigenvalue weighted by Crippen LogP contribution is 2.28. The smallest absolute Gasteiger partial charge is 0.271 e. The molecule has 0 bridgehead atoms. The molecule has 1 unspecified atom stereocenters.